The van der Waals surface area contributed by atoms with Crippen LogP contribution in [0.2, 0.25) is 0 Å². The molecule has 3 heterocycles. The highest BCUT2D eigenvalue weighted by Crippen LogP contribution is 2.36. The molecule has 1 N–H and O–H groups in total. The van der Waals surface area contributed by atoms with Gasteiger partial charge in [-0.15, -0.1) is 0 Å². The second kappa shape index (κ2) is 7.87. The monoisotopic (exact) mass is 422 g/mol. The molecule has 7 nitrogen and oxygen atoms in total. The van der Waals surface area contributed by atoms with Crippen LogP contribution in [0.4, 0.5) is 4.39 Å². The van der Waals surface area contributed by atoms with E-state index in [9.17, 15) is 17.6 Å². The lowest BCUT2D eigenvalue weighted by Gasteiger charge is -2.35. The molecule has 0 bridgehead atoms. The van der Waals surface area contributed by atoms with Gasteiger partial charge in [0.25, 0.3) is 0 Å². The van der Waals surface area contributed by atoms with Gasteiger partial charge in [0.2, 0.25) is 5.91 Å². The Bertz CT molecular complexity index is 998. The third kappa shape index (κ3) is 4.35. The summed E-state index contributed by atoms with van der Waals surface area (Å²) in [4.78, 5) is 13.1. The molecule has 0 saturated carbocycles. The SMILES string of the molecule is O=C(NC1CCS(=O)(=O)C1)C1(Cc2cc(-c3ccccc3F)no2)CCOCC1. The minimum Gasteiger partial charge on any atom is -0.381 e. The van der Waals surface area contributed by atoms with E-state index in [-0.39, 0.29) is 23.5 Å². The van der Waals surface area contributed by atoms with E-state index in [2.05, 4.69) is 10.5 Å². The fourth-order valence-corrected chi connectivity index (χ4v) is 5.69. The predicted molar refractivity (Wildman–Crippen MR) is 103 cm³/mol. The van der Waals surface area contributed by atoms with E-state index in [0.29, 0.717) is 55.9 Å². The Morgan fingerprint density at radius 2 is 2.03 bits per heavy atom. The van der Waals surface area contributed by atoms with Gasteiger partial charge in [-0.3, -0.25) is 4.79 Å². The van der Waals surface area contributed by atoms with Crippen molar-refractivity contribution in [1.29, 1.82) is 0 Å². The molecule has 29 heavy (non-hydrogen) atoms. The van der Waals surface area contributed by atoms with Crippen LogP contribution in [-0.4, -0.2) is 50.2 Å². The summed E-state index contributed by atoms with van der Waals surface area (Å²) in [6, 6.07) is 7.58. The van der Waals surface area contributed by atoms with E-state index in [1.54, 1.807) is 24.3 Å². The van der Waals surface area contributed by atoms with Crippen molar-refractivity contribution < 1.29 is 26.9 Å². The number of sulfone groups is 1. The van der Waals surface area contributed by atoms with Crippen LogP contribution in [0.1, 0.15) is 25.0 Å². The molecule has 1 atom stereocenters. The summed E-state index contributed by atoms with van der Waals surface area (Å²) in [5.74, 6) is -0.0212. The maximum atomic E-state index is 14.0. The number of aromatic nitrogens is 1. The minimum absolute atomic E-state index is 0.0228. The predicted octanol–water partition coefficient (Wildman–Crippen LogP) is 2.12. The quantitative estimate of drug-likeness (QED) is 0.793. The Balaban J connectivity index is 1.53. The van der Waals surface area contributed by atoms with Gasteiger partial charge in [0.1, 0.15) is 17.3 Å². The highest BCUT2D eigenvalue weighted by Gasteiger charge is 2.43. The molecule has 2 aromatic rings. The van der Waals surface area contributed by atoms with Gasteiger partial charge in [-0.1, -0.05) is 17.3 Å². The molecule has 2 fully saturated rings. The topological polar surface area (TPSA) is 98.5 Å². The van der Waals surface area contributed by atoms with E-state index in [4.69, 9.17) is 9.26 Å². The lowest BCUT2D eigenvalue weighted by molar-refractivity contribution is -0.137. The van der Waals surface area contributed by atoms with E-state index < -0.39 is 21.1 Å². The van der Waals surface area contributed by atoms with Crippen molar-refractivity contribution in [3.05, 3.63) is 41.9 Å². The van der Waals surface area contributed by atoms with Gasteiger partial charge in [0.15, 0.2) is 9.84 Å². The minimum atomic E-state index is -3.09. The van der Waals surface area contributed by atoms with Crippen LogP contribution in [-0.2, 0) is 25.8 Å². The smallest absolute Gasteiger partial charge is 0.227 e. The molecule has 1 unspecified atom stereocenters. The summed E-state index contributed by atoms with van der Waals surface area (Å²) < 4.78 is 48.3. The highest BCUT2D eigenvalue weighted by atomic mass is 32.2. The number of carbonyl (C=O) groups excluding carboxylic acids is 1. The Morgan fingerprint density at radius 1 is 1.28 bits per heavy atom. The van der Waals surface area contributed by atoms with Crippen molar-refractivity contribution in [3.63, 3.8) is 0 Å². The number of nitrogens with zero attached hydrogens (tertiary/aromatic N) is 1. The van der Waals surface area contributed by atoms with E-state index in [1.807, 2.05) is 0 Å². The van der Waals surface area contributed by atoms with Crippen molar-refractivity contribution in [2.45, 2.75) is 31.7 Å². The van der Waals surface area contributed by atoms with Gasteiger partial charge < -0.3 is 14.6 Å². The Morgan fingerprint density at radius 3 is 2.72 bits per heavy atom. The normalized spacial score (nSPS) is 23.0. The number of halogens is 1. The zero-order chi connectivity index (χ0) is 20.5. The summed E-state index contributed by atoms with van der Waals surface area (Å²) in [5, 5.41) is 6.89. The lowest BCUT2D eigenvalue weighted by atomic mass is 9.75. The molecule has 0 radical (unpaired) electrons. The van der Waals surface area contributed by atoms with Gasteiger partial charge in [-0.05, 0) is 31.4 Å². The number of hydrogen-bond acceptors (Lipinski definition) is 6. The van der Waals surface area contributed by atoms with Crippen molar-refractivity contribution in [2.24, 2.45) is 5.41 Å². The van der Waals surface area contributed by atoms with Crippen molar-refractivity contribution in [1.82, 2.24) is 10.5 Å². The average molecular weight is 422 g/mol. The summed E-state index contributed by atoms with van der Waals surface area (Å²) in [6.07, 6.45) is 1.71. The summed E-state index contributed by atoms with van der Waals surface area (Å²) in [6.45, 7) is 0.870. The first-order valence-corrected chi connectivity index (χ1v) is 11.5. The number of ether oxygens (including phenoxy) is 1. The van der Waals surface area contributed by atoms with Gasteiger partial charge in [-0.25, -0.2) is 12.8 Å². The van der Waals surface area contributed by atoms with Crippen LogP contribution in [0.15, 0.2) is 34.9 Å². The van der Waals surface area contributed by atoms with E-state index >= 15 is 0 Å². The molecule has 2 aliphatic heterocycles. The van der Waals surface area contributed by atoms with Crippen LogP contribution in [0, 0.1) is 11.2 Å². The standard InChI is InChI=1S/C20H23FN2O5S/c21-17-4-2-1-3-16(17)18-11-15(28-23-18)12-20(6-8-27-9-7-20)19(24)22-14-5-10-29(25,26)13-14/h1-4,11,14H,5-10,12-13H2,(H,22,24). The van der Waals surface area contributed by atoms with Crippen molar-refractivity contribution in [2.75, 3.05) is 24.7 Å². The van der Waals surface area contributed by atoms with Crippen LogP contribution in [0.5, 0.6) is 0 Å². The highest BCUT2D eigenvalue weighted by molar-refractivity contribution is 7.91. The molecule has 2 aliphatic rings. The van der Waals surface area contributed by atoms with Crippen LogP contribution < -0.4 is 5.32 Å². The first-order chi connectivity index (χ1) is 13.9. The largest absolute Gasteiger partial charge is 0.381 e. The number of carbonyl (C=O) groups is 1. The fourth-order valence-electron chi connectivity index (χ4n) is 4.02. The van der Waals surface area contributed by atoms with Crippen molar-refractivity contribution in [3.8, 4) is 11.3 Å². The first kappa shape index (κ1) is 20.0. The third-order valence-electron chi connectivity index (χ3n) is 5.72. The van der Waals surface area contributed by atoms with E-state index in [1.165, 1.54) is 6.07 Å². The van der Waals surface area contributed by atoms with Gasteiger partial charge in [0, 0.05) is 37.3 Å². The lowest BCUT2D eigenvalue weighted by Crippen LogP contribution is -2.49. The molecule has 0 spiro atoms. The fraction of sp³-hybridized carbons (Fsp3) is 0.500. The second-order valence-electron chi connectivity index (χ2n) is 7.80. The second-order valence-corrected chi connectivity index (χ2v) is 10.0. The number of benzene rings is 1. The third-order valence-corrected chi connectivity index (χ3v) is 7.49. The molecule has 1 aromatic heterocycles. The molecule has 9 heteroatoms. The number of rotatable bonds is 5. The molecule has 0 aliphatic carbocycles. The summed E-state index contributed by atoms with van der Waals surface area (Å²) >= 11 is 0. The van der Waals surface area contributed by atoms with Gasteiger partial charge in [-0.2, -0.15) is 0 Å². The molecule has 4 rings (SSSR count). The van der Waals surface area contributed by atoms with Crippen molar-refractivity contribution >= 4 is 15.7 Å². The van der Waals surface area contributed by atoms with Gasteiger partial charge >= 0.3 is 0 Å². The summed E-state index contributed by atoms with van der Waals surface area (Å²) in [5.41, 5.74) is -0.0526. The average Bonchev–Trinajstić information content (AvgIpc) is 3.28. The molecule has 156 valence electrons. The van der Waals surface area contributed by atoms with Crippen LogP contribution in [0.25, 0.3) is 11.3 Å². The van der Waals surface area contributed by atoms with Crippen LogP contribution in [0.3, 0.4) is 0 Å². The van der Waals surface area contributed by atoms with Crippen LogP contribution >= 0.6 is 0 Å². The maximum Gasteiger partial charge on any atom is 0.227 e. The van der Waals surface area contributed by atoms with Gasteiger partial charge in [0.05, 0.1) is 16.9 Å². The number of hydrogen-bond donors (Lipinski definition) is 1. The Hall–Kier alpha value is -2.26. The first-order valence-electron chi connectivity index (χ1n) is 9.67. The molecular weight excluding hydrogens is 399 g/mol. The molecule has 2 saturated heterocycles. The molecular formula is C20H23FN2O5S. The Kier molecular flexibility index (Phi) is 5.44. The zero-order valence-electron chi connectivity index (χ0n) is 15.9. The van der Waals surface area contributed by atoms with E-state index in [0.717, 1.165) is 0 Å². The number of nitrogens with one attached hydrogen (secondary N) is 1. The molecule has 1 amide bonds. The zero-order valence-corrected chi connectivity index (χ0v) is 16.7. The molecule has 1 aromatic carbocycles. The Labute approximate surface area is 168 Å². The number of amides is 1. The maximum absolute atomic E-state index is 14.0. The summed E-state index contributed by atoms with van der Waals surface area (Å²) in [7, 11) is -3.09.